The molecule has 0 bridgehead atoms. The fourth-order valence-electron chi connectivity index (χ4n) is 4.25. The zero-order chi connectivity index (χ0) is 27.6. The molecular formula is C32H46O6. The highest BCUT2D eigenvalue weighted by Crippen LogP contribution is 2.32. The minimum atomic E-state index is -0.919. The highest BCUT2D eigenvalue weighted by Gasteiger charge is 2.14. The molecule has 0 aliphatic carbocycles. The molecule has 0 heterocycles. The van der Waals surface area contributed by atoms with Gasteiger partial charge in [0.25, 0.3) is 0 Å². The maximum Gasteiger partial charge on any atom is 0.311 e. The van der Waals surface area contributed by atoms with Gasteiger partial charge in [0.2, 0.25) is 0 Å². The summed E-state index contributed by atoms with van der Waals surface area (Å²) < 4.78 is 22.3. The monoisotopic (exact) mass is 526 g/mol. The second-order valence-electron chi connectivity index (χ2n) is 9.33. The van der Waals surface area contributed by atoms with E-state index < -0.39 is 6.10 Å². The van der Waals surface area contributed by atoms with Crippen LogP contribution in [0.3, 0.4) is 0 Å². The average molecular weight is 527 g/mol. The SMILES string of the molecule is CCCCCCCCCCCC(=O)Oc1ccc(C(O)C=Cc2ccc(OCC)cc2OCC)c(OC)c1. The summed E-state index contributed by atoms with van der Waals surface area (Å²) in [6.45, 7) is 7.18. The molecule has 1 atom stereocenters. The van der Waals surface area contributed by atoms with Crippen LogP contribution < -0.4 is 18.9 Å². The summed E-state index contributed by atoms with van der Waals surface area (Å²) in [6.07, 6.45) is 13.8. The van der Waals surface area contributed by atoms with E-state index in [1.165, 1.54) is 45.6 Å². The minimum Gasteiger partial charge on any atom is -0.496 e. The number of esters is 1. The number of unbranched alkanes of at least 4 members (excludes halogenated alkanes) is 8. The number of benzene rings is 2. The third-order valence-electron chi connectivity index (χ3n) is 6.29. The molecule has 2 rings (SSSR count). The zero-order valence-electron chi connectivity index (χ0n) is 23.7. The van der Waals surface area contributed by atoms with Gasteiger partial charge in [-0.2, -0.15) is 0 Å². The Hall–Kier alpha value is -2.99. The standard InChI is InChI=1S/C32H46O6/c1-5-8-9-10-11-12-13-14-15-16-32(34)38-27-20-21-28(31(24-27)35-4)29(33)22-18-25-17-19-26(36-6-2)23-30(25)37-7-3/h17-24,29,33H,5-16H2,1-4H3. The molecule has 210 valence electrons. The molecule has 0 aliphatic heterocycles. The van der Waals surface area contributed by atoms with Crippen molar-refractivity contribution >= 4 is 12.0 Å². The van der Waals surface area contributed by atoms with Crippen molar-refractivity contribution in [3.05, 3.63) is 53.6 Å². The Morgan fingerprint density at radius 1 is 0.816 bits per heavy atom. The smallest absolute Gasteiger partial charge is 0.311 e. The number of rotatable bonds is 19. The largest absolute Gasteiger partial charge is 0.496 e. The highest BCUT2D eigenvalue weighted by molar-refractivity contribution is 5.72. The first-order chi connectivity index (χ1) is 18.5. The maximum absolute atomic E-state index is 12.3. The number of aliphatic hydroxyl groups is 1. The van der Waals surface area contributed by atoms with Crippen molar-refractivity contribution in [2.75, 3.05) is 20.3 Å². The third-order valence-corrected chi connectivity index (χ3v) is 6.29. The predicted molar refractivity (Wildman–Crippen MR) is 153 cm³/mol. The van der Waals surface area contributed by atoms with Crippen LogP contribution in [-0.2, 0) is 4.79 Å². The molecule has 0 fully saturated rings. The molecule has 6 nitrogen and oxygen atoms in total. The van der Waals surface area contributed by atoms with E-state index in [4.69, 9.17) is 18.9 Å². The van der Waals surface area contributed by atoms with Gasteiger partial charge in [0.05, 0.1) is 20.3 Å². The molecule has 0 aliphatic rings. The Kier molecular flexibility index (Phi) is 15.0. The Labute approximate surface area is 229 Å². The van der Waals surface area contributed by atoms with Gasteiger partial charge in [0.15, 0.2) is 0 Å². The van der Waals surface area contributed by atoms with E-state index in [2.05, 4.69) is 6.92 Å². The lowest BCUT2D eigenvalue weighted by molar-refractivity contribution is -0.134. The number of carbonyl (C=O) groups excluding carboxylic acids is 1. The molecule has 0 aromatic heterocycles. The molecule has 1 N–H and O–H groups in total. The summed E-state index contributed by atoms with van der Waals surface area (Å²) >= 11 is 0. The van der Waals surface area contributed by atoms with Crippen molar-refractivity contribution in [3.8, 4) is 23.0 Å². The maximum atomic E-state index is 12.3. The second kappa shape index (κ2) is 18.3. The highest BCUT2D eigenvalue weighted by atomic mass is 16.5. The molecule has 1 unspecified atom stereocenters. The number of aliphatic hydroxyl groups excluding tert-OH is 1. The molecule has 6 heteroatoms. The normalized spacial score (nSPS) is 11.9. The van der Waals surface area contributed by atoms with Gasteiger partial charge in [0, 0.05) is 29.7 Å². The lowest BCUT2D eigenvalue weighted by atomic mass is 10.1. The van der Waals surface area contributed by atoms with Gasteiger partial charge in [-0.25, -0.2) is 0 Å². The van der Waals surface area contributed by atoms with E-state index in [-0.39, 0.29) is 5.97 Å². The summed E-state index contributed by atoms with van der Waals surface area (Å²) in [5, 5.41) is 10.8. The lowest BCUT2D eigenvalue weighted by Gasteiger charge is -2.14. The van der Waals surface area contributed by atoms with Crippen LogP contribution in [0.1, 0.15) is 102 Å². The molecule has 2 aromatic rings. The minimum absolute atomic E-state index is 0.248. The van der Waals surface area contributed by atoms with E-state index in [0.717, 1.165) is 30.6 Å². The van der Waals surface area contributed by atoms with Crippen LogP contribution in [0.4, 0.5) is 0 Å². The number of carbonyl (C=O) groups is 1. The van der Waals surface area contributed by atoms with Crippen LogP contribution in [0.25, 0.3) is 6.08 Å². The molecule has 0 radical (unpaired) electrons. The van der Waals surface area contributed by atoms with Crippen LogP contribution in [0, 0.1) is 0 Å². The van der Waals surface area contributed by atoms with Crippen molar-refractivity contribution in [2.24, 2.45) is 0 Å². The van der Waals surface area contributed by atoms with Crippen molar-refractivity contribution in [2.45, 2.75) is 91.1 Å². The fraction of sp³-hybridized carbons (Fsp3) is 0.531. The van der Waals surface area contributed by atoms with Gasteiger partial charge < -0.3 is 24.1 Å². The quantitative estimate of drug-likeness (QED) is 0.113. The van der Waals surface area contributed by atoms with Gasteiger partial charge in [-0.3, -0.25) is 4.79 Å². The number of hydrogen-bond donors (Lipinski definition) is 1. The molecule has 38 heavy (non-hydrogen) atoms. The summed E-state index contributed by atoms with van der Waals surface area (Å²) in [5.41, 5.74) is 1.40. The number of methoxy groups -OCH3 is 1. The van der Waals surface area contributed by atoms with Crippen LogP contribution in [0.2, 0.25) is 0 Å². The Balaban J connectivity index is 1.90. The predicted octanol–water partition coefficient (Wildman–Crippen LogP) is 8.07. The summed E-state index contributed by atoms with van der Waals surface area (Å²) in [4.78, 5) is 12.3. The van der Waals surface area contributed by atoms with E-state index in [1.807, 2.05) is 38.1 Å². The van der Waals surface area contributed by atoms with Gasteiger partial charge in [0.1, 0.15) is 29.1 Å². The Morgan fingerprint density at radius 3 is 2.11 bits per heavy atom. The fourth-order valence-corrected chi connectivity index (χ4v) is 4.25. The third kappa shape index (κ3) is 11.2. The Bertz CT molecular complexity index is 984. The van der Waals surface area contributed by atoms with E-state index >= 15 is 0 Å². The van der Waals surface area contributed by atoms with Crippen molar-refractivity contribution < 1.29 is 28.8 Å². The van der Waals surface area contributed by atoms with Crippen molar-refractivity contribution in [3.63, 3.8) is 0 Å². The van der Waals surface area contributed by atoms with E-state index in [1.54, 1.807) is 24.3 Å². The first-order valence-corrected chi connectivity index (χ1v) is 14.2. The van der Waals surface area contributed by atoms with Gasteiger partial charge in [-0.05, 0) is 44.5 Å². The zero-order valence-corrected chi connectivity index (χ0v) is 23.7. The topological polar surface area (TPSA) is 74.2 Å². The summed E-state index contributed by atoms with van der Waals surface area (Å²) in [6, 6.07) is 10.7. The molecule has 0 amide bonds. The first-order valence-electron chi connectivity index (χ1n) is 14.2. The molecule has 0 saturated heterocycles. The molecule has 0 spiro atoms. The van der Waals surface area contributed by atoms with Crippen LogP contribution >= 0.6 is 0 Å². The number of hydrogen-bond acceptors (Lipinski definition) is 6. The lowest BCUT2D eigenvalue weighted by Crippen LogP contribution is -2.08. The summed E-state index contributed by atoms with van der Waals surface area (Å²) in [5.74, 6) is 2.03. The second-order valence-corrected chi connectivity index (χ2v) is 9.33. The van der Waals surface area contributed by atoms with Gasteiger partial charge in [-0.15, -0.1) is 0 Å². The van der Waals surface area contributed by atoms with Crippen LogP contribution in [0.15, 0.2) is 42.5 Å². The molecule has 0 saturated carbocycles. The average Bonchev–Trinajstić information content (AvgIpc) is 2.91. The Morgan fingerprint density at radius 2 is 1.45 bits per heavy atom. The number of ether oxygens (including phenoxy) is 4. The van der Waals surface area contributed by atoms with Gasteiger partial charge in [-0.1, -0.05) is 70.4 Å². The van der Waals surface area contributed by atoms with Crippen molar-refractivity contribution in [1.29, 1.82) is 0 Å². The van der Waals surface area contributed by atoms with Crippen LogP contribution in [0.5, 0.6) is 23.0 Å². The first kappa shape index (κ1) is 31.2. The van der Waals surface area contributed by atoms with E-state index in [9.17, 15) is 9.90 Å². The van der Waals surface area contributed by atoms with Gasteiger partial charge >= 0.3 is 5.97 Å². The van der Waals surface area contributed by atoms with Crippen LogP contribution in [-0.4, -0.2) is 31.4 Å². The molecular weight excluding hydrogens is 480 g/mol. The molecule has 2 aromatic carbocycles. The van der Waals surface area contributed by atoms with E-state index in [0.29, 0.717) is 42.4 Å². The van der Waals surface area contributed by atoms with Crippen molar-refractivity contribution in [1.82, 2.24) is 0 Å². The summed E-state index contributed by atoms with van der Waals surface area (Å²) in [7, 11) is 1.53.